The van der Waals surface area contributed by atoms with Gasteiger partial charge in [0.2, 0.25) is 0 Å². The smallest absolute Gasteiger partial charge is 0.115 e. The molecule has 0 N–H and O–H groups in total. The quantitative estimate of drug-likeness (QED) is 0.555. The summed E-state index contributed by atoms with van der Waals surface area (Å²) in [7, 11) is 0. The minimum absolute atomic E-state index is 0.744. The van der Waals surface area contributed by atoms with E-state index in [0.717, 1.165) is 23.4 Å². The van der Waals surface area contributed by atoms with Crippen molar-refractivity contribution in [2.24, 2.45) is 4.99 Å². The fourth-order valence-corrected chi connectivity index (χ4v) is 1.61. The zero-order valence-electron chi connectivity index (χ0n) is 10.4. The molecule has 88 valence electrons. The van der Waals surface area contributed by atoms with E-state index in [2.05, 4.69) is 16.8 Å². The lowest BCUT2D eigenvalue weighted by molar-refractivity contribution is 1.13. The lowest BCUT2D eigenvalue weighted by Crippen LogP contribution is -1.98. The highest BCUT2D eigenvalue weighted by Crippen LogP contribution is 2.02. The molecule has 0 saturated carbocycles. The molecule has 0 aromatic heterocycles. The van der Waals surface area contributed by atoms with E-state index in [9.17, 15) is 0 Å². The third kappa shape index (κ3) is 3.33. The van der Waals surface area contributed by atoms with E-state index in [0.29, 0.717) is 0 Å². The monoisotopic (exact) mass is 233 g/mol. The lowest BCUT2D eigenvalue weighted by Gasteiger charge is -1.98. The number of hydrogen-bond acceptors (Lipinski definition) is 1. The summed E-state index contributed by atoms with van der Waals surface area (Å²) < 4.78 is 0. The van der Waals surface area contributed by atoms with Crippen molar-refractivity contribution in [3.63, 3.8) is 0 Å². The van der Waals surface area contributed by atoms with Gasteiger partial charge in [-0.15, -0.1) is 0 Å². The fraction of sp³-hybridized carbons (Fsp3) is 0.118. The Morgan fingerprint density at radius 2 is 1.56 bits per heavy atom. The zero-order valence-corrected chi connectivity index (χ0v) is 10.4. The Morgan fingerprint density at radius 1 is 0.944 bits per heavy atom. The van der Waals surface area contributed by atoms with Gasteiger partial charge >= 0.3 is 0 Å². The van der Waals surface area contributed by atoms with Crippen LogP contribution >= 0.6 is 0 Å². The van der Waals surface area contributed by atoms with Crippen molar-refractivity contribution in [3.05, 3.63) is 71.8 Å². The molecule has 0 atom stereocenters. The highest BCUT2D eigenvalue weighted by atomic mass is 14.7. The second-order valence-corrected chi connectivity index (χ2v) is 3.80. The number of nitrogens with zero attached hydrogens (tertiary/aromatic N) is 1. The first kappa shape index (κ1) is 12.1. The molecule has 0 saturated heterocycles. The molecule has 0 amide bonds. The molecule has 0 unspecified atom stereocenters. The largest absolute Gasteiger partial charge is 0.276 e. The van der Waals surface area contributed by atoms with E-state index in [1.165, 1.54) is 0 Å². The Hall–Kier alpha value is -2.33. The van der Waals surface area contributed by atoms with Gasteiger partial charge in [-0.05, 0) is 25.0 Å². The third-order valence-corrected chi connectivity index (χ3v) is 2.46. The van der Waals surface area contributed by atoms with Gasteiger partial charge in [0.05, 0.1) is 0 Å². The minimum atomic E-state index is 0.744. The van der Waals surface area contributed by atoms with Gasteiger partial charge in [0, 0.05) is 17.7 Å². The molecule has 0 bridgehead atoms. The SMILES string of the molecule is CCN=C(C#Cc1ccccc1)c1ccccc1. The van der Waals surface area contributed by atoms with Gasteiger partial charge in [0.1, 0.15) is 5.71 Å². The second kappa shape index (κ2) is 6.42. The van der Waals surface area contributed by atoms with Crippen LogP contribution < -0.4 is 0 Å². The molecule has 0 fully saturated rings. The van der Waals surface area contributed by atoms with Gasteiger partial charge in [-0.2, -0.15) is 0 Å². The fourth-order valence-electron chi connectivity index (χ4n) is 1.61. The van der Waals surface area contributed by atoms with Crippen molar-refractivity contribution in [2.45, 2.75) is 6.92 Å². The van der Waals surface area contributed by atoms with Crippen molar-refractivity contribution >= 4 is 5.71 Å². The van der Waals surface area contributed by atoms with Crippen LogP contribution in [0.25, 0.3) is 0 Å². The summed E-state index contributed by atoms with van der Waals surface area (Å²) in [6.07, 6.45) is 0. The van der Waals surface area contributed by atoms with E-state index in [4.69, 9.17) is 0 Å². The molecule has 0 aliphatic rings. The number of hydrogen-bond donors (Lipinski definition) is 0. The molecule has 0 radical (unpaired) electrons. The van der Waals surface area contributed by atoms with Crippen LogP contribution in [0.3, 0.4) is 0 Å². The van der Waals surface area contributed by atoms with E-state index in [1.807, 2.05) is 67.6 Å². The summed E-state index contributed by atoms with van der Waals surface area (Å²) in [6.45, 7) is 2.76. The highest BCUT2D eigenvalue weighted by Gasteiger charge is 1.97. The van der Waals surface area contributed by atoms with Crippen molar-refractivity contribution in [1.29, 1.82) is 0 Å². The third-order valence-electron chi connectivity index (χ3n) is 2.46. The summed E-state index contributed by atoms with van der Waals surface area (Å²) in [5.74, 6) is 6.30. The predicted molar refractivity (Wildman–Crippen MR) is 76.8 cm³/mol. The van der Waals surface area contributed by atoms with Gasteiger partial charge < -0.3 is 0 Å². The molecule has 0 spiro atoms. The van der Waals surface area contributed by atoms with Crippen molar-refractivity contribution in [1.82, 2.24) is 0 Å². The Morgan fingerprint density at radius 3 is 2.17 bits per heavy atom. The molecule has 0 aliphatic heterocycles. The van der Waals surface area contributed by atoms with Crippen molar-refractivity contribution in [2.75, 3.05) is 6.54 Å². The van der Waals surface area contributed by atoms with E-state index in [1.54, 1.807) is 0 Å². The molecule has 2 aromatic carbocycles. The second-order valence-electron chi connectivity index (χ2n) is 3.80. The average Bonchev–Trinajstić information content (AvgIpc) is 2.45. The first-order valence-corrected chi connectivity index (χ1v) is 6.07. The van der Waals surface area contributed by atoms with Crippen LogP contribution in [-0.4, -0.2) is 12.3 Å². The summed E-state index contributed by atoms with van der Waals surface area (Å²) in [5.41, 5.74) is 2.93. The van der Waals surface area contributed by atoms with Crippen molar-refractivity contribution in [3.8, 4) is 11.8 Å². The molecule has 2 aromatic rings. The van der Waals surface area contributed by atoms with Gasteiger partial charge in [-0.3, -0.25) is 4.99 Å². The van der Waals surface area contributed by atoms with Crippen LogP contribution in [0.15, 0.2) is 65.7 Å². The van der Waals surface area contributed by atoms with E-state index >= 15 is 0 Å². The molecule has 0 aliphatic carbocycles. The summed E-state index contributed by atoms with van der Waals surface area (Å²) in [4.78, 5) is 4.45. The van der Waals surface area contributed by atoms with Crippen molar-refractivity contribution < 1.29 is 0 Å². The lowest BCUT2D eigenvalue weighted by atomic mass is 10.1. The van der Waals surface area contributed by atoms with Crippen LogP contribution in [0.2, 0.25) is 0 Å². The maximum Gasteiger partial charge on any atom is 0.115 e. The molecule has 2 rings (SSSR count). The topological polar surface area (TPSA) is 12.4 Å². The maximum absolute atomic E-state index is 4.45. The first-order chi connectivity index (χ1) is 8.90. The average molecular weight is 233 g/mol. The van der Waals surface area contributed by atoms with E-state index in [-0.39, 0.29) is 0 Å². The number of benzene rings is 2. The normalized spacial score (nSPS) is 10.6. The highest BCUT2D eigenvalue weighted by molar-refractivity contribution is 6.13. The minimum Gasteiger partial charge on any atom is -0.276 e. The maximum atomic E-state index is 4.45. The van der Waals surface area contributed by atoms with Gasteiger partial charge in [0.15, 0.2) is 0 Å². The molecule has 0 heterocycles. The number of rotatable bonds is 2. The van der Waals surface area contributed by atoms with Crippen LogP contribution in [-0.2, 0) is 0 Å². The molecule has 1 heteroatoms. The summed E-state index contributed by atoms with van der Waals surface area (Å²) >= 11 is 0. The van der Waals surface area contributed by atoms with Crippen LogP contribution in [0.1, 0.15) is 18.1 Å². The Bertz CT molecular complexity index is 571. The van der Waals surface area contributed by atoms with E-state index < -0.39 is 0 Å². The van der Waals surface area contributed by atoms with Crippen LogP contribution in [0.5, 0.6) is 0 Å². The van der Waals surface area contributed by atoms with Gasteiger partial charge in [-0.1, -0.05) is 54.5 Å². The zero-order chi connectivity index (χ0) is 12.6. The standard InChI is InChI=1S/C17H15N/c1-2-18-17(16-11-7-4-8-12-16)14-13-15-9-5-3-6-10-15/h3-12H,2H2,1H3. The summed E-state index contributed by atoms with van der Waals surface area (Å²) in [6, 6.07) is 20.0. The first-order valence-electron chi connectivity index (χ1n) is 6.07. The molecular formula is C17H15N. The Balaban J connectivity index is 2.29. The molecule has 1 nitrogen and oxygen atoms in total. The Labute approximate surface area is 108 Å². The van der Waals surface area contributed by atoms with Crippen LogP contribution in [0.4, 0.5) is 0 Å². The van der Waals surface area contributed by atoms with Gasteiger partial charge in [0.25, 0.3) is 0 Å². The number of aliphatic imine (C=N–C) groups is 1. The van der Waals surface area contributed by atoms with Crippen LogP contribution in [0, 0.1) is 11.8 Å². The van der Waals surface area contributed by atoms with Gasteiger partial charge in [-0.25, -0.2) is 0 Å². The predicted octanol–water partition coefficient (Wildman–Crippen LogP) is 3.55. The Kier molecular flexibility index (Phi) is 4.33. The summed E-state index contributed by atoms with van der Waals surface area (Å²) in [5, 5.41) is 0. The molecule has 18 heavy (non-hydrogen) atoms. The molecular weight excluding hydrogens is 218 g/mol.